The van der Waals surface area contributed by atoms with Crippen molar-refractivity contribution in [1.29, 1.82) is 0 Å². The molecule has 1 fully saturated rings. The van der Waals surface area contributed by atoms with Crippen molar-refractivity contribution >= 4 is 5.91 Å². The van der Waals surface area contributed by atoms with E-state index in [1.165, 1.54) is 10.6 Å². The Balaban J connectivity index is 1.58. The molecule has 1 aliphatic rings. The van der Waals surface area contributed by atoms with Crippen LogP contribution in [-0.2, 0) is 6.54 Å². The molecule has 6 nitrogen and oxygen atoms in total. The molecule has 1 saturated carbocycles. The van der Waals surface area contributed by atoms with E-state index in [0.717, 1.165) is 25.7 Å². The van der Waals surface area contributed by atoms with Crippen LogP contribution in [0.15, 0.2) is 45.7 Å². The Bertz CT molecular complexity index is 741. The van der Waals surface area contributed by atoms with E-state index in [1.54, 1.807) is 30.5 Å². The first-order valence-corrected chi connectivity index (χ1v) is 8.31. The van der Waals surface area contributed by atoms with E-state index >= 15 is 0 Å². The standard InChI is InChI=1S/C18H22N2O4/c21-12-13-4-6-14(7-5-13)19-18(23)16-9-8-15(24-16)11-20-10-2-1-3-17(20)22/h1-3,8-10,13-14,21H,4-7,11-12H2,(H,19,23). The molecule has 0 spiro atoms. The van der Waals surface area contributed by atoms with Crippen molar-refractivity contribution < 1.29 is 14.3 Å². The predicted octanol–water partition coefficient (Wildman–Crippen LogP) is 1.77. The summed E-state index contributed by atoms with van der Waals surface area (Å²) in [5.41, 5.74) is -0.111. The topological polar surface area (TPSA) is 84.5 Å². The van der Waals surface area contributed by atoms with E-state index in [0.29, 0.717) is 18.2 Å². The van der Waals surface area contributed by atoms with Crippen molar-refractivity contribution in [2.24, 2.45) is 5.92 Å². The van der Waals surface area contributed by atoms with Gasteiger partial charge in [0.05, 0.1) is 6.54 Å². The van der Waals surface area contributed by atoms with Crippen molar-refractivity contribution in [3.63, 3.8) is 0 Å². The Labute approximate surface area is 140 Å². The molecule has 2 heterocycles. The largest absolute Gasteiger partial charge is 0.454 e. The summed E-state index contributed by atoms with van der Waals surface area (Å²) in [4.78, 5) is 24.0. The summed E-state index contributed by atoms with van der Waals surface area (Å²) in [6.45, 7) is 0.523. The number of carbonyl (C=O) groups excluding carboxylic acids is 1. The van der Waals surface area contributed by atoms with Gasteiger partial charge < -0.3 is 19.4 Å². The smallest absolute Gasteiger partial charge is 0.287 e. The highest BCUT2D eigenvalue weighted by Crippen LogP contribution is 2.24. The number of hydrogen-bond acceptors (Lipinski definition) is 4. The Morgan fingerprint density at radius 2 is 2.00 bits per heavy atom. The number of nitrogens with zero attached hydrogens (tertiary/aromatic N) is 1. The number of aliphatic hydroxyl groups is 1. The Morgan fingerprint density at radius 3 is 2.71 bits per heavy atom. The third-order valence-corrected chi connectivity index (χ3v) is 4.55. The first kappa shape index (κ1) is 16.5. The second kappa shape index (κ2) is 7.49. The molecule has 24 heavy (non-hydrogen) atoms. The van der Waals surface area contributed by atoms with Crippen molar-refractivity contribution in [3.05, 3.63) is 58.4 Å². The van der Waals surface area contributed by atoms with Crippen LogP contribution in [0, 0.1) is 5.92 Å². The zero-order valence-corrected chi connectivity index (χ0v) is 13.5. The van der Waals surface area contributed by atoms with Gasteiger partial charge in [-0.05, 0) is 49.8 Å². The number of hydrogen-bond donors (Lipinski definition) is 2. The van der Waals surface area contributed by atoms with Crippen LogP contribution in [-0.4, -0.2) is 28.2 Å². The van der Waals surface area contributed by atoms with Gasteiger partial charge in [-0.2, -0.15) is 0 Å². The maximum Gasteiger partial charge on any atom is 0.287 e. The number of aliphatic hydroxyl groups excluding tert-OH is 1. The Hall–Kier alpha value is -2.34. The fraction of sp³-hybridized carbons (Fsp3) is 0.444. The number of carbonyl (C=O) groups is 1. The van der Waals surface area contributed by atoms with Crippen LogP contribution in [0.1, 0.15) is 42.0 Å². The van der Waals surface area contributed by atoms with Crippen molar-refractivity contribution in [2.75, 3.05) is 6.61 Å². The van der Waals surface area contributed by atoms with E-state index < -0.39 is 0 Å². The number of amides is 1. The van der Waals surface area contributed by atoms with Gasteiger partial charge in [0.25, 0.3) is 11.5 Å². The van der Waals surface area contributed by atoms with Crippen molar-refractivity contribution in [2.45, 2.75) is 38.3 Å². The van der Waals surface area contributed by atoms with E-state index in [9.17, 15) is 9.59 Å². The van der Waals surface area contributed by atoms with Gasteiger partial charge in [-0.25, -0.2) is 0 Å². The van der Waals surface area contributed by atoms with Crippen LogP contribution in [0.3, 0.4) is 0 Å². The van der Waals surface area contributed by atoms with Crippen LogP contribution in [0.4, 0.5) is 0 Å². The van der Waals surface area contributed by atoms with Crippen LogP contribution in [0.25, 0.3) is 0 Å². The van der Waals surface area contributed by atoms with E-state index in [-0.39, 0.29) is 29.9 Å². The fourth-order valence-corrected chi connectivity index (χ4v) is 3.09. The summed E-state index contributed by atoms with van der Waals surface area (Å²) < 4.78 is 7.10. The molecule has 1 amide bonds. The van der Waals surface area contributed by atoms with Gasteiger partial charge in [-0.1, -0.05) is 6.07 Å². The molecule has 0 radical (unpaired) electrons. The second-order valence-corrected chi connectivity index (χ2v) is 6.31. The minimum atomic E-state index is -0.228. The predicted molar refractivity (Wildman–Crippen MR) is 88.8 cm³/mol. The molecule has 0 saturated heterocycles. The molecule has 0 unspecified atom stereocenters. The van der Waals surface area contributed by atoms with Crippen molar-refractivity contribution in [1.82, 2.24) is 9.88 Å². The lowest BCUT2D eigenvalue weighted by atomic mass is 9.86. The number of rotatable bonds is 5. The molecule has 1 aliphatic carbocycles. The Kier molecular flexibility index (Phi) is 5.15. The summed E-state index contributed by atoms with van der Waals surface area (Å²) in [7, 11) is 0. The average molecular weight is 330 g/mol. The SMILES string of the molecule is O=C(NC1CCC(CO)CC1)c1ccc(Cn2ccccc2=O)o1. The molecule has 2 N–H and O–H groups in total. The molecular weight excluding hydrogens is 308 g/mol. The maximum absolute atomic E-state index is 12.3. The minimum Gasteiger partial charge on any atom is -0.454 e. The highest BCUT2D eigenvalue weighted by atomic mass is 16.4. The molecule has 3 rings (SSSR count). The summed E-state index contributed by atoms with van der Waals surface area (Å²) >= 11 is 0. The van der Waals surface area contributed by atoms with Crippen LogP contribution >= 0.6 is 0 Å². The van der Waals surface area contributed by atoms with Gasteiger partial charge in [-0.15, -0.1) is 0 Å². The van der Waals surface area contributed by atoms with Crippen LogP contribution in [0.5, 0.6) is 0 Å². The minimum absolute atomic E-state index is 0.111. The molecule has 0 aliphatic heterocycles. The molecule has 0 bridgehead atoms. The lowest BCUT2D eigenvalue weighted by Gasteiger charge is -2.27. The van der Waals surface area contributed by atoms with Gasteiger partial charge in [0.15, 0.2) is 5.76 Å². The number of pyridine rings is 1. The van der Waals surface area contributed by atoms with E-state index in [1.807, 2.05) is 0 Å². The summed E-state index contributed by atoms with van der Waals surface area (Å²) in [6.07, 6.45) is 5.31. The lowest BCUT2D eigenvalue weighted by Crippen LogP contribution is -2.37. The third-order valence-electron chi connectivity index (χ3n) is 4.55. The van der Waals surface area contributed by atoms with Gasteiger partial charge >= 0.3 is 0 Å². The normalized spacial score (nSPS) is 20.7. The molecular formula is C18H22N2O4. The highest BCUT2D eigenvalue weighted by Gasteiger charge is 2.23. The zero-order chi connectivity index (χ0) is 16.9. The van der Waals surface area contributed by atoms with Gasteiger partial charge in [0, 0.05) is 24.9 Å². The lowest BCUT2D eigenvalue weighted by molar-refractivity contribution is 0.0884. The summed E-state index contributed by atoms with van der Waals surface area (Å²) in [6, 6.07) is 8.44. The zero-order valence-electron chi connectivity index (χ0n) is 13.5. The van der Waals surface area contributed by atoms with Gasteiger partial charge in [0.1, 0.15) is 5.76 Å². The molecule has 2 aromatic heterocycles. The third kappa shape index (κ3) is 3.94. The van der Waals surface area contributed by atoms with Gasteiger partial charge in [-0.3, -0.25) is 9.59 Å². The van der Waals surface area contributed by atoms with Crippen LogP contribution < -0.4 is 10.9 Å². The number of nitrogens with one attached hydrogen (secondary N) is 1. The molecule has 128 valence electrons. The summed E-state index contributed by atoms with van der Waals surface area (Å²) in [5, 5.41) is 12.1. The van der Waals surface area contributed by atoms with Crippen LogP contribution in [0.2, 0.25) is 0 Å². The van der Waals surface area contributed by atoms with E-state index in [4.69, 9.17) is 9.52 Å². The quantitative estimate of drug-likeness (QED) is 0.875. The molecule has 0 atom stereocenters. The first-order chi connectivity index (χ1) is 11.7. The molecule has 6 heteroatoms. The number of aromatic nitrogens is 1. The number of furan rings is 1. The molecule has 2 aromatic rings. The van der Waals surface area contributed by atoms with Crippen molar-refractivity contribution in [3.8, 4) is 0 Å². The second-order valence-electron chi connectivity index (χ2n) is 6.31. The van der Waals surface area contributed by atoms with E-state index in [2.05, 4.69) is 5.32 Å². The Morgan fingerprint density at radius 1 is 1.21 bits per heavy atom. The average Bonchev–Trinajstić information content (AvgIpc) is 3.06. The first-order valence-electron chi connectivity index (χ1n) is 8.31. The summed E-state index contributed by atoms with van der Waals surface area (Å²) in [5.74, 6) is 0.961. The monoisotopic (exact) mass is 330 g/mol. The highest BCUT2D eigenvalue weighted by molar-refractivity contribution is 5.91. The fourth-order valence-electron chi connectivity index (χ4n) is 3.09. The molecule has 0 aromatic carbocycles. The van der Waals surface area contributed by atoms with Gasteiger partial charge in [0.2, 0.25) is 0 Å². The maximum atomic E-state index is 12.3.